The Morgan fingerprint density at radius 2 is 2.00 bits per heavy atom. The van der Waals surface area contributed by atoms with Crippen molar-refractivity contribution in [2.24, 2.45) is 5.92 Å². The van der Waals surface area contributed by atoms with E-state index in [1.165, 1.54) is 24.8 Å². The zero-order valence-electron chi connectivity index (χ0n) is 11.1. The maximum absolute atomic E-state index is 5.89. The second-order valence-electron chi connectivity index (χ2n) is 5.22. The van der Waals surface area contributed by atoms with Gasteiger partial charge in [-0.15, -0.1) is 0 Å². The van der Waals surface area contributed by atoms with Crippen LogP contribution in [0.3, 0.4) is 0 Å². The predicted molar refractivity (Wildman–Crippen MR) is 71.3 cm³/mol. The van der Waals surface area contributed by atoms with Crippen molar-refractivity contribution in [3.63, 3.8) is 0 Å². The molecule has 2 rings (SSSR count). The van der Waals surface area contributed by atoms with E-state index >= 15 is 0 Å². The Balaban J connectivity index is 2.15. The van der Waals surface area contributed by atoms with Gasteiger partial charge in [-0.3, -0.25) is 0 Å². The van der Waals surface area contributed by atoms with Gasteiger partial charge in [0.05, 0.1) is 6.10 Å². The molecule has 2 nitrogen and oxygen atoms in total. The summed E-state index contributed by atoms with van der Waals surface area (Å²) in [6.07, 6.45) is 4.25. The maximum Gasteiger partial charge on any atom is 0.124 e. The molecule has 1 aromatic rings. The van der Waals surface area contributed by atoms with Gasteiger partial charge in [-0.1, -0.05) is 31.0 Å². The Kier molecular flexibility index (Phi) is 4.06. The zero-order chi connectivity index (χ0) is 12.3. The Hall–Kier alpha value is -1.02. The van der Waals surface area contributed by atoms with Crippen molar-refractivity contribution in [1.29, 1.82) is 0 Å². The molecule has 1 aromatic carbocycles. The lowest BCUT2D eigenvalue weighted by Crippen LogP contribution is -2.19. The van der Waals surface area contributed by atoms with E-state index in [0.29, 0.717) is 6.04 Å². The average molecular weight is 233 g/mol. The minimum absolute atomic E-state index is 0.231. The Bertz CT molecular complexity index is 358. The van der Waals surface area contributed by atoms with Gasteiger partial charge in [0.25, 0.3) is 0 Å². The molecular weight excluding hydrogens is 210 g/mol. The van der Waals surface area contributed by atoms with Gasteiger partial charge >= 0.3 is 0 Å². The molecular formula is C15H23NO. The molecule has 0 radical (unpaired) electrons. The third kappa shape index (κ3) is 3.47. The van der Waals surface area contributed by atoms with Gasteiger partial charge in [0.2, 0.25) is 0 Å². The van der Waals surface area contributed by atoms with Gasteiger partial charge in [0.1, 0.15) is 5.75 Å². The fourth-order valence-corrected chi connectivity index (χ4v) is 2.22. The van der Waals surface area contributed by atoms with Crippen LogP contribution in [0.25, 0.3) is 0 Å². The van der Waals surface area contributed by atoms with Crippen molar-refractivity contribution < 1.29 is 4.74 Å². The van der Waals surface area contributed by atoms with E-state index in [2.05, 4.69) is 37.4 Å². The fraction of sp³-hybridized carbons (Fsp3) is 0.600. The first kappa shape index (κ1) is 12.4. The number of hydrogen-bond acceptors (Lipinski definition) is 2. The number of ether oxygens (including phenoxy) is 1. The van der Waals surface area contributed by atoms with Crippen LogP contribution in [-0.4, -0.2) is 13.2 Å². The summed E-state index contributed by atoms with van der Waals surface area (Å²) < 4.78 is 5.89. The van der Waals surface area contributed by atoms with E-state index in [1.807, 2.05) is 13.1 Å². The van der Waals surface area contributed by atoms with Gasteiger partial charge < -0.3 is 10.1 Å². The number of nitrogens with one attached hydrogen (secondary N) is 1. The summed E-state index contributed by atoms with van der Waals surface area (Å²) >= 11 is 0. The van der Waals surface area contributed by atoms with Gasteiger partial charge in [-0.25, -0.2) is 0 Å². The number of hydrogen-bond donors (Lipinski definition) is 1. The first-order valence-corrected chi connectivity index (χ1v) is 6.63. The molecule has 17 heavy (non-hydrogen) atoms. The second kappa shape index (κ2) is 5.54. The van der Waals surface area contributed by atoms with Crippen LogP contribution in [0.5, 0.6) is 5.75 Å². The first-order chi connectivity index (χ1) is 8.20. The molecule has 0 bridgehead atoms. The van der Waals surface area contributed by atoms with E-state index in [0.717, 1.165) is 11.7 Å². The van der Waals surface area contributed by atoms with Gasteiger partial charge in [-0.05, 0) is 39.3 Å². The summed E-state index contributed by atoms with van der Waals surface area (Å²) in [5.41, 5.74) is 1.30. The predicted octanol–water partition coefficient (Wildman–Crippen LogP) is 3.53. The fourth-order valence-electron chi connectivity index (χ4n) is 2.22. The van der Waals surface area contributed by atoms with Crippen LogP contribution in [0.4, 0.5) is 0 Å². The van der Waals surface area contributed by atoms with Crippen molar-refractivity contribution in [2.75, 3.05) is 7.05 Å². The normalized spacial score (nSPS) is 17.2. The zero-order valence-corrected chi connectivity index (χ0v) is 11.1. The highest BCUT2D eigenvalue weighted by molar-refractivity contribution is 5.36. The van der Waals surface area contributed by atoms with Crippen LogP contribution in [-0.2, 0) is 0 Å². The van der Waals surface area contributed by atoms with Crippen molar-refractivity contribution in [1.82, 2.24) is 5.32 Å². The molecule has 1 atom stereocenters. The summed E-state index contributed by atoms with van der Waals surface area (Å²) in [5.74, 6) is 1.95. The summed E-state index contributed by atoms with van der Waals surface area (Å²) in [6, 6.07) is 8.83. The van der Waals surface area contributed by atoms with Crippen LogP contribution in [0.15, 0.2) is 24.3 Å². The third-order valence-electron chi connectivity index (χ3n) is 3.27. The van der Waals surface area contributed by atoms with E-state index in [1.54, 1.807) is 0 Å². The quantitative estimate of drug-likeness (QED) is 0.811. The molecule has 1 aliphatic carbocycles. The van der Waals surface area contributed by atoms with Gasteiger partial charge in [-0.2, -0.15) is 0 Å². The highest BCUT2D eigenvalue weighted by Crippen LogP contribution is 2.39. The molecule has 1 aliphatic rings. The highest BCUT2D eigenvalue weighted by atomic mass is 16.5. The SMILES string of the molecule is CNC(CC1CC1)c1ccccc1OC(C)C. The minimum Gasteiger partial charge on any atom is -0.491 e. The van der Waals surface area contributed by atoms with Crippen LogP contribution in [0, 0.1) is 5.92 Å². The lowest BCUT2D eigenvalue weighted by atomic mass is 10.0. The number of rotatable bonds is 6. The Morgan fingerprint density at radius 1 is 1.29 bits per heavy atom. The van der Waals surface area contributed by atoms with Crippen LogP contribution >= 0.6 is 0 Å². The van der Waals surface area contributed by atoms with E-state index in [9.17, 15) is 0 Å². The van der Waals surface area contributed by atoms with Crippen molar-refractivity contribution >= 4 is 0 Å². The molecule has 1 saturated carbocycles. The smallest absolute Gasteiger partial charge is 0.124 e. The monoisotopic (exact) mass is 233 g/mol. The van der Waals surface area contributed by atoms with Crippen LogP contribution in [0.2, 0.25) is 0 Å². The van der Waals surface area contributed by atoms with Crippen molar-refractivity contribution in [3.05, 3.63) is 29.8 Å². The van der Waals surface area contributed by atoms with Crippen molar-refractivity contribution in [3.8, 4) is 5.75 Å². The van der Waals surface area contributed by atoms with E-state index < -0.39 is 0 Å². The molecule has 2 heteroatoms. The number of benzene rings is 1. The second-order valence-corrected chi connectivity index (χ2v) is 5.22. The molecule has 0 amide bonds. The molecule has 0 saturated heterocycles. The minimum atomic E-state index is 0.231. The van der Waals surface area contributed by atoms with Gasteiger partial charge in [0.15, 0.2) is 0 Å². The first-order valence-electron chi connectivity index (χ1n) is 6.63. The molecule has 1 unspecified atom stereocenters. The van der Waals surface area contributed by atoms with E-state index in [4.69, 9.17) is 4.74 Å². The lowest BCUT2D eigenvalue weighted by Gasteiger charge is -2.21. The Morgan fingerprint density at radius 3 is 2.59 bits per heavy atom. The molecule has 0 heterocycles. The molecule has 1 N–H and O–H groups in total. The van der Waals surface area contributed by atoms with Crippen LogP contribution in [0.1, 0.15) is 44.7 Å². The Labute approximate surface area is 104 Å². The van der Waals surface area contributed by atoms with Gasteiger partial charge in [0, 0.05) is 11.6 Å². The standard InChI is InChI=1S/C15H23NO/c1-11(2)17-15-7-5-4-6-13(15)14(16-3)10-12-8-9-12/h4-7,11-12,14,16H,8-10H2,1-3H3. The number of para-hydroxylation sites is 1. The maximum atomic E-state index is 5.89. The molecule has 0 aliphatic heterocycles. The summed E-state index contributed by atoms with van der Waals surface area (Å²) in [5, 5.41) is 3.42. The third-order valence-corrected chi connectivity index (χ3v) is 3.27. The lowest BCUT2D eigenvalue weighted by molar-refractivity contribution is 0.237. The van der Waals surface area contributed by atoms with Crippen molar-refractivity contribution in [2.45, 2.75) is 45.3 Å². The average Bonchev–Trinajstić information content (AvgIpc) is 3.10. The summed E-state index contributed by atoms with van der Waals surface area (Å²) in [4.78, 5) is 0. The summed E-state index contributed by atoms with van der Waals surface area (Å²) in [7, 11) is 2.04. The molecule has 0 aromatic heterocycles. The van der Waals surface area contributed by atoms with E-state index in [-0.39, 0.29) is 6.10 Å². The molecule has 0 spiro atoms. The highest BCUT2D eigenvalue weighted by Gasteiger charge is 2.26. The topological polar surface area (TPSA) is 21.3 Å². The summed E-state index contributed by atoms with van der Waals surface area (Å²) in [6.45, 7) is 4.15. The molecule has 94 valence electrons. The largest absolute Gasteiger partial charge is 0.491 e. The molecule has 1 fully saturated rings. The van der Waals surface area contributed by atoms with Crippen LogP contribution < -0.4 is 10.1 Å².